The van der Waals surface area contributed by atoms with Gasteiger partial charge in [0.25, 0.3) is 0 Å². The lowest BCUT2D eigenvalue weighted by Gasteiger charge is -2.09. The Morgan fingerprint density at radius 1 is 0.793 bits per heavy atom. The number of benzene rings is 1. The molecule has 0 unspecified atom stereocenters. The van der Waals surface area contributed by atoms with Gasteiger partial charge in [-0.2, -0.15) is 0 Å². The van der Waals surface area contributed by atoms with Crippen molar-refractivity contribution in [2.24, 2.45) is 5.73 Å². The van der Waals surface area contributed by atoms with E-state index in [0.717, 1.165) is 12.5 Å². The van der Waals surface area contributed by atoms with Crippen molar-refractivity contribution in [2.75, 3.05) is 12.5 Å². The van der Waals surface area contributed by atoms with Crippen LogP contribution in [0.4, 0.5) is 0 Å². The molecular formula is C17H15N5O5S2. The SMILES string of the molecule is CS(=O)(=O)c1nccc(-c2cc(C(N)=O)cc(-c3ccnc(S(C)(=O)=O)n3)c2)n1. The minimum atomic E-state index is -3.65. The number of carbonyl (C=O) groups excluding carboxylic acids is 1. The van der Waals surface area contributed by atoms with Crippen molar-refractivity contribution in [1.82, 2.24) is 19.9 Å². The topological polar surface area (TPSA) is 163 Å². The third-order valence-corrected chi connectivity index (χ3v) is 5.46. The molecule has 10 nitrogen and oxygen atoms in total. The van der Waals surface area contributed by atoms with Gasteiger partial charge in [0.15, 0.2) is 0 Å². The molecule has 12 heteroatoms. The van der Waals surface area contributed by atoms with Crippen molar-refractivity contribution in [3.63, 3.8) is 0 Å². The minimum Gasteiger partial charge on any atom is -0.366 e. The number of carbonyl (C=O) groups is 1. The molecule has 0 fully saturated rings. The number of hydrogen-bond acceptors (Lipinski definition) is 9. The number of sulfone groups is 2. The normalized spacial score (nSPS) is 11.9. The monoisotopic (exact) mass is 433 g/mol. The number of aromatic nitrogens is 4. The van der Waals surface area contributed by atoms with Crippen molar-refractivity contribution in [3.8, 4) is 22.5 Å². The minimum absolute atomic E-state index is 0.108. The van der Waals surface area contributed by atoms with Gasteiger partial charge in [-0.25, -0.2) is 36.8 Å². The molecule has 2 aromatic heterocycles. The molecule has 150 valence electrons. The van der Waals surface area contributed by atoms with Crippen molar-refractivity contribution in [1.29, 1.82) is 0 Å². The molecule has 2 heterocycles. The molecular weight excluding hydrogens is 418 g/mol. The lowest BCUT2D eigenvalue weighted by molar-refractivity contribution is 0.100. The summed E-state index contributed by atoms with van der Waals surface area (Å²) >= 11 is 0. The number of primary amides is 1. The van der Waals surface area contributed by atoms with Crippen LogP contribution in [0.2, 0.25) is 0 Å². The molecule has 2 N–H and O–H groups in total. The molecule has 0 atom stereocenters. The molecule has 0 saturated heterocycles. The highest BCUT2D eigenvalue weighted by molar-refractivity contribution is 7.90. The molecule has 0 aliphatic carbocycles. The summed E-state index contributed by atoms with van der Waals surface area (Å²) < 4.78 is 47.0. The third-order valence-electron chi connectivity index (χ3n) is 3.74. The molecule has 1 aromatic carbocycles. The average molecular weight is 433 g/mol. The van der Waals surface area contributed by atoms with E-state index in [1.165, 1.54) is 36.7 Å². The summed E-state index contributed by atoms with van der Waals surface area (Å²) in [6.45, 7) is 0. The van der Waals surface area contributed by atoms with Crippen LogP contribution in [0.15, 0.2) is 53.0 Å². The van der Waals surface area contributed by atoms with Gasteiger partial charge in [0.2, 0.25) is 35.9 Å². The molecule has 3 aromatic rings. The summed E-state index contributed by atoms with van der Waals surface area (Å²) in [6.07, 6.45) is 4.51. The van der Waals surface area contributed by atoms with E-state index in [1.54, 1.807) is 6.07 Å². The zero-order valence-electron chi connectivity index (χ0n) is 15.3. The molecule has 0 radical (unpaired) electrons. The van der Waals surface area contributed by atoms with Crippen LogP contribution >= 0.6 is 0 Å². The Kier molecular flexibility index (Phi) is 5.15. The van der Waals surface area contributed by atoms with Gasteiger partial charge in [-0.1, -0.05) is 0 Å². The standard InChI is InChI=1S/C17H15N5O5S2/c1-28(24,25)16-19-5-3-13(21-16)10-7-11(9-12(8-10)15(18)23)14-4-6-20-17(22-14)29(2,26)27/h3-9H,1-2H3,(H2,18,23). The van der Waals surface area contributed by atoms with Crippen LogP contribution in [-0.4, -0.2) is 55.2 Å². The third kappa shape index (κ3) is 4.60. The van der Waals surface area contributed by atoms with Gasteiger partial charge in [-0.05, 0) is 30.3 Å². The molecule has 3 rings (SSSR count). The fourth-order valence-corrected chi connectivity index (χ4v) is 3.46. The number of rotatable bonds is 5. The molecule has 0 spiro atoms. The van der Waals surface area contributed by atoms with Crippen LogP contribution < -0.4 is 5.73 Å². The lowest BCUT2D eigenvalue weighted by atomic mass is 10.0. The van der Waals surface area contributed by atoms with E-state index in [4.69, 9.17) is 5.73 Å². The molecule has 29 heavy (non-hydrogen) atoms. The molecule has 0 bridgehead atoms. The molecule has 1 amide bonds. The Balaban J connectivity index is 2.22. The predicted octanol–water partition coefficient (Wildman–Crippen LogP) is 0.506. The van der Waals surface area contributed by atoms with Crippen molar-refractivity contribution in [2.45, 2.75) is 10.3 Å². The highest BCUT2D eigenvalue weighted by Gasteiger charge is 2.16. The van der Waals surface area contributed by atoms with Crippen molar-refractivity contribution < 1.29 is 21.6 Å². The number of amides is 1. The molecule has 0 aliphatic rings. The largest absolute Gasteiger partial charge is 0.366 e. The Labute approximate surface area is 166 Å². The molecule has 0 saturated carbocycles. The average Bonchev–Trinajstić information content (AvgIpc) is 2.66. The number of nitrogens with two attached hydrogens (primary N) is 1. The lowest BCUT2D eigenvalue weighted by Crippen LogP contribution is -2.11. The first-order chi connectivity index (χ1) is 13.4. The Morgan fingerprint density at radius 3 is 1.55 bits per heavy atom. The van der Waals surface area contributed by atoms with Gasteiger partial charge in [-0.15, -0.1) is 0 Å². The maximum Gasteiger partial charge on any atom is 0.248 e. The van der Waals surface area contributed by atoms with E-state index in [0.29, 0.717) is 11.1 Å². The van der Waals surface area contributed by atoms with E-state index in [9.17, 15) is 21.6 Å². The second-order valence-electron chi connectivity index (χ2n) is 6.16. The van der Waals surface area contributed by atoms with Crippen LogP contribution in [0.3, 0.4) is 0 Å². The Hall–Kier alpha value is -3.25. The van der Waals surface area contributed by atoms with Gasteiger partial charge in [0, 0.05) is 41.6 Å². The summed E-state index contributed by atoms with van der Waals surface area (Å²) in [5, 5.41) is -0.746. The Bertz CT molecular complexity index is 1240. The maximum absolute atomic E-state index is 11.8. The summed E-state index contributed by atoms with van der Waals surface area (Å²) in [4.78, 5) is 27.3. The van der Waals surface area contributed by atoms with E-state index in [1.807, 2.05) is 0 Å². The van der Waals surface area contributed by atoms with Gasteiger partial charge >= 0.3 is 0 Å². The first-order valence-electron chi connectivity index (χ1n) is 7.97. The fraction of sp³-hybridized carbons (Fsp3) is 0.118. The Morgan fingerprint density at radius 2 is 1.21 bits per heavy atom. The smallest absolute Gasteiger partial charge is 0.248 e. The quantitative estimate of drug-likeness (QED) is 0.564. The van der Waals surface area contributed by atoms with E-state index < -0.39 is 25.6 Å². The van der Waals surface area contributed by atoms with Gasteiger partial charge in [-0.3, -0.25) is 4.79 Å². The molecule has 0 aliphatic heterocycles. The fourth-order valence-electron chi connectivity index (χ4n) is 2.43. The summed E-state index contributed by atoms with van der Waals surface area (Å²) in [7, 11) is -7.29. The number of hydrogen-bond donors (Lipinski definition) is 1. The van der Waals surface area contributed by atoms with Crippen LogP contribution in [0.25, 0.3) is 22.5 Å². The van der Waals surface area contributed by atoms with Crippen LogP contribution in [0, 0.1) is 0 Å². The number of nitrogens with zero attached hydrogens (tertiary/aromatic N) is 4. The van der Waals surface area contributed by atoms with Crippen molar-refractivity contribution in [3.05, 3.63) is 48.3 Å². The summed E-state index contributed by atoms with van der Waals surface area (Å²) in [5.41, 5.74) is 6.75. The van der Waals surface area contributed by atoms with E-state index in [2.05, 4.69) is 19.9 Å². The highest BCUT2D eigenvalue weighted by Crippen LogP contribution is 2.27. The summed E-state index contributed by atoms with van der Waals surface area (Å²) in [5.74, 6) is -0.733. The predicted molar refractivity (Wildman–Crippen MR) is 103 cm³/mol. The zero-order valence-corrected chi connectivity index (χ0v) is 16.9. The summed E-state index contributed by atoms with van der Waals surface area (Å²) in [6, 6.07) is 7.41. The van der Waals surface area contributed by atoms with Gasteiger partial charge in [0.1, 0.15) is 0 Å². The van der Waals surface area contributed by atoms with E-state index >= 15 is 0 Å². The second kappa shape index (κ2) is 7.29. The first-order valence-corrected chi connectivity index (χ1v) is 11.8. The van der Waals surface area contributed by atoms with Crippen LogP contribution in [0.1, 0.15) is 10.4 Å². The maximum atomic E-state index is 11.8. The van der Waals surface area contributed by atoms with E-state index in [-0.39, 0.29) is 27.3 Å². The van der Waals surface area contributed by atoms with Gasteiger partial charge in [0.05, 0.1) is 11.4 Å². The highest BCUT2D eigenvalue weighted by atomic mass is 32.2. The van der Waals surface area contributed by atoms with Crippen LogP contribution in [-0.2, 0) is 19.7 Å². The second-order valence-corrected chi connectivity index (χ2v) is 9.98. The van der Waals surface area contributed by atoms with Crippen LogP contribution in [0.5, 0.6) is 0 Å². The van der Waals surface area contributed by atoms with Gasteiger partial charge < -0.3 is 5.73 Å². The first kappa shape index (κ1) is 20.5. The zero-order chi connectivity index (χ0) is 21.4. The van der Waals surface area contributed by atoms with Crippen molar-refractivity contribution >= 4 is 25.6 Å².